The molecule has 3 heteroatoms. The minimum atomic E-state index is 0.666. The first-order valence-electron chi connectivity index (χ1n) is 16.0. The lowest BCUT2D eigenvalue weighted by Gasteiger charge is -2.21. The molecule has 212 valence electrons. The second kappa shape index (κ2) is 27.7. The molecule has 0 spiro atoms. The third-order valence-corrected chi connectivity index (χ3v) is 9.11. The third-order valence-electron chi connectivity index (χ3n) is 7.08. The number of rotatable bonds is 28. The molecule has 0 aliphatic rings. The number of hydrogen-bond donors (Lipinski definition) is 0. The second-order valence-electron chi connectivity index (χ2n) is 12.0. The van der Waals surface area contributed by atoms with E-state index in [0.29, 0.717) is 10.5 Å². The lowest BCUT2D eigenvalue weighted by molar-refractivity contribution is 0.499. The van der Waals surface area contributed by atoms with Crippen LogP contribution in [0.1, 0.15) is 183 Å². The van der Waals surface area contributed by atoms with Gasteiger partial charge >= 0.3 is 0 Å². The van der Waals surface area contributed by atoms with Crippen LogP contribution in [0.2, 0.25) is 0 Å². The van der Waals surface area contributed by atoms with Crippen LogP contribution in [-0.4, -0.2) is 10.5 Å². The minimum Gasteiger partial charge on any atom is -0.247 e. The molecule has 0 saturated heterocycles. The van der Waals surface area contributed by atoms with E-state index in [1.807, 2.05) is 0 Å². The lowest BCUT2D eigenvalue weighted by atomic mass is 10.0. The van der Waals surface area contributed by atoms with Gasteiger partial charge in [0.05, 0.1) is 0 Å². The summed E-state index contributed by atoms with van der Waals surface area (Å²) in [5.74, 6) is 1.51. The zero-order chi connectivity index (χ0) is 26.0. The molecule has 0 rings (SSSR count). The van der Waals surface area contributed by atoms with Crippen LogP contribution in [-0.2, 0) is 3.63 Å². The smallest absolute Gasteiger partial charge is 0.0326 e. The maximum Gasteiger partial charge on any atom is 0.0326 e. The average molecular weight is 531 g/mol. The standard InChI is InChI=1S/C32H66OS2/c1-7-9-11-13-15-17-19-21-23-25-31(27-29(3)4)34-33-35-32(28-30(5)6)26-24-22-20-18-16-14-12-10-8-2/h29-32H,7-28H2,1-6H3. The van der Waals surface area contributed by atoms with Crippen molar-refractivity contribution in [1.29, 1.82) is 0 Å². The van der Waals surface area contributed by atoms with Gasteiger partial charge in [0, 0.05) is 34.6 Å². The van der Waals surface area contributed by atoms with Gasteiger partial charge in [0.15, 0.2) is 0 Å². The van der Waals surface area contributed by atoms with Crippen molar-refractivity contribution < 1.29 is 3.63 Å². The summed E-state index contributed by atoms with van der Waals surface area (Å²) in [5.41, 5.74) is 0. The van der Waals surface area contributed by atoms with Crippen molar-refractivity contribution in [2.75, 3.05) is 0 Å². The van der Waals surface area contributed by atoms with Gasteiger partial charge in [0.2, 0.25) is 0 Å². The van der Waals surface area contributed by atoms with E-state index >= 15 is 0 Å². The zero-order valence-corrected chi connectivity index (χ0v) is 26.7. The molecule has 0 radical (unpaired) electrons. The van der Waals surface area contributed by atoms with Crippen molar-refractivity contribution in [2.45, 2.75) is 193 Å². The van der Waals surface area contributed by atoms with Gasteiger partial charge in [-0.1, -0.05) is 157 Å². The summed E-state index contributed by atoms with van der Waals surface area (Å²) in [6.45, 7) is 14.1. The van der Waals surface area contributed by atoms with Gasteiger partial charge in [0.25, 0.3) is 0 Å². The molecule has 0 N–H and O–H groups in total. The van der Waals surface area contributed by atoms with E-state index in [1.165, 1.54) is 141 Å². The van der Waals surface area contributed by atoms with Crippen LogP contribution in [0.4, 0.5) is 0 Å². The third kappa shape index (κ3) is 27.5. The Balaban J connectivity index is 4.05. The molecular formula is C32H66OS2. The minimum absolute atomic E-state index is 0.666. The lowest BCUT2D eigenvalue weighted by Crippen LogP contribution is -2.10. The molecule has 0 amide bonds. The molecule has 0 fully saturated rings. The van der Waals surface area contributed by atoms with E-state index in [-0.39, 0.29) is 0 Å². The molecule has 0 aromatic carbocycles. The molecule has 0 saturated carbocycles. The summed E-state index contributed by atoms with van der Waals surface area (Å²) in [6, 6.07) is 0. The SMILES string of the molecule is CCCCCCCCCCCC(CC(C)C)SOSC(CCCCCCCCCCC)CC(C)C. The Morgan fingerprint density at radius 3 is 1.00 bits per heavy atom. The molecule has 0 bridgehead atoms. The maximum absolute atomic E-state index is 6.26. The molecular weight excluding hydrogens is 464 g/mol. The normalized spacial score (nSPS) is 13.7. The fourth-order valence-electron chi connectivity index (χ4n) is 4.96. The van der Waals surface area contributed by atoms with Crippen molar-refractivity contribution >= 4 is 24.1 Å². The summed E-state index contributed by atoms with van der Waals surface area (Å²) in [4.78, 5) is 0. The highest BCUT2D eigenvalue weighted by molar-refractivity contribution is 8.08. The summed E-state index contributed by atoms with van der Waals surface area (Å²) in [6.07, 6.45) is 30.7. The van der Waals surface area contributed by atoms with Crippen molar-refractivity contribution in [2.24, 2.45) is 11.8 Å². The molecule has 0 aromatic rings. The van der Waals surface area contributed by atoms with Crippen LogP contribution in [0, 0.1) is 11.8 Å². The average Bonchev–Trinajstić information content (AvgIpc) is 2.81. The van der Waals surface area contributed by atoms with E-state index in [1.54, 1.807) is 24.1 Å². The first-order chi connectivity index (χ1) is 17.0. The van der Waals surface area contributed by atoms with E-state index < -0.39 is 0 Å². The van der Waals surface area contributed by atoms with Gasteiger partial charge in [-0.2, -0.15) is 0 Å². The Labute approximate surface area is 232 Å². The highest BCUT2D eigenvalue weighted by Gasteiger charge is 2.17. The molecule has 0 aliphatic heterocycles. The topological polar surface area (TPSA) is 9.23 Å². The van der Waals surface area contributed by atoms with Gasteiger partial charge in [-0.15, -0.1) is 0 Å². The molecule has 0 aliphatic carbocycles. The van der Waals surface area contributed by atoms with Gasteiger partial charge in [-0.3, -0.25) is 0 Å². The van der Waals surface area contributed by atoms with Crippen LogP contribution in [0.5, 0.6) is 0 Å². The summed E-state index contributed by atoms with van der Waals surface area (Å²) in [7, 11) is 0. The van der Waals surface area contributed by atoms with Crippen molar-refractivity contribution in [1.82, 2.24) is 0 Å². The molecule has 0 aromatic heterocycles. The van der Waals surface area contributed by atoms with Crippen molar-refractivity contribution in [3.8, 4) is 0 Å². The van der Waals surface area contributed by atoms with Crippen LogP contribution < -0.4 is 0 Å². The quantitative estimate of drug-likeness (QED) is 0.0735. The zero-order valence-electron chi connectivity index (χ0n) is 25.1. The van der Waals surface area contributed by atoms with E-state index in [2.05, 4.69) is 41.5 Å². The van der Waals surface area contributed by atoms with Gasteiger partial charge in [-0.25, -0.2) is 3.63 Å². The van der Waals surface area contributed by atoms with Gasteiger partial charge < -0.3 is 0 Å². The van der Waals surface area contributed by atoms with E-state index in [4.69, 9.17) is 3.63 Å². The van der Waals surface area contributed by atoms with Crippen LogP contribution in [0.3, 0.4) is 0 Å². The van der Waals surface area contributed by atoms with Gasteiger partial charge in [0.1, 0.15) is 0 Å². The Bertz CT molecular complexity index is 363. The van der Waals surface area contributed by atoms with E-state index in [9.17, 15) is 0 Å². The highest BCUT2D eigenvalue weighted by atomic mass is 32.2. The van der Waals surface area contributed by atoms with Crippen LogP contribution >= 0.6 is 24.1 Å². The molecule has 2 atom stereocenters. The Kier molecular flexibility index (Phi) is 28.2. The van der Waals surface area contributed by atoms with Crippen molar-refractivity contribution in [3.05, 3.63) is 0 Å². The largest absolute Gasteiger partial charge is 0.247 e. The van der Waals surface area contributed by atoms with E-state index in [0.717, 1.165) is 11.8 Å². The predicted octanol–water partition coefficient (Wildman–Crippen LogP) is 13.0. The molecule has 1 nitrogen and oxygen atoms in total. The number of unbranched alkanes of at least 4 members (excludes halogenated alkanes) is 16. The fourth-order valence-corrected chi connectivity index (χ4v) is 7.48. The first kappa shape index (κ1) is 35.7. The molecule has 0 heterocycles. The first-order valence-corrected chi connectivity index (χ1v) is 17.6. The predicted molar refractivity (Wildman–Crippen MR) is 166 cm³/mol. The Morgan fingerprint density at radius 1 is 0.429 bits per heavy atom. The van der Waals surface area contributed by atoms with Crippen molar-refractivity contribution in [3.63, 3.8) is 0 Å². The molecule has 35 heavy (non-hydrogen) atoms. The van der Waals surface area contributed by atoms with Crippen LogP contribution in [0.25, 0.3) is 0 Å². The second-order valence-corrected chi connectivity index (χ2v) is 14.3. The maximum atomic E-state index is 6.26. The Hall–Kier alpha value is 0.660. The molecule has 2 unspecified atom stereocenters. The Morgan fingerprint density at radius 2 is 0.714 bits per heavy atom. The fraction of sp³-hybridized carbons (Fsp3) is 1.00. The monoisotopic (exact) mass is 530 g/mol. The van der Waals surface area contributed by atoms with Gasteiger partial charge in [-0.05, 0) is 37.5 Å². The summed E-state index contributed by atoms with van der Waals surface area (Å²) in [5, 5.41) is 1.33. The summed E-state index contributed by atoms with van der Waals surface area (Å²) < 4.78 is 6.26. The highest BCUT2D eigenvalue weighted by Crippen LogP contribution is 2.34. The van der Waals surface area contributed by atoms with Crippen LogP contribution in [0.15, 0.2) is 0 Å². The summed E-state index contributed by atoms with van der Waals surface area (Å²) >= 11 is 3.60. The number of hydrogen-bond acceptors (Lipinski definition) is 3.